The highest BCUT2D eigenvalue weighted by atomic mass is 16.5. The third-order valence-corrected chi connectivity index (χ3v) is 4.74. The van der Waals surface area contributed by atoms with Crippen LogP contribution in [0.3, 0.4) is 0 Å². The second-order valence-corrected chi connectivity index (χ2v) is 6.56. The number of hydrogen-bond acceptors (Lipinski definition) is 3. The fraction of sp³-hybridized carbons (Fsp3) is 0.286. The van der Waals surface area contributed by atoms with Crippen LogP contribution in [0.5, 0.6) is 0 Å². The van der Waals surface area contributed by atoms with Crippen molar-refractivity contribution in [3.05, 3.63) is 71.9 Å². The van der Waals surface area contributed by atoms with Crippen LogP contribution in [0.4, 0.5) is 0 Å². The molecule has 1 aliphatic heterocycles. The van der Waals surface area contributed by atoms with Gasteiger partial charge in [0.25, 0.3) is 5.91 Å². The minimum absolute atomic E-state index is 0.0562. The number of aromatic amines is 1. The van der Waals surface area contributed by atoms with Crippen LogP contribution in [0.25, 0.3) is 10.9 Å². The minimum Gasteiger partial charge on any atom is -0.379 e. The van der Waals surface area contributed by atoms with Crippen molar-refractivity contribution in [1.29, 1.82) is 0 Å². The van der Waals surface area contributed by atoms with Crippen molar-refractivity contribution in [2.45, 2.75) is 25.2 Å². The number of fused-ring (bicyclic) bond motifs is 1. The molecule has 2 heterocycles. The Labute approximate surface area is 152 Å². The molecule has 1 amide bonds. The molecule has 26 heavy (non-hydrogen) atoms. The average molecular weight is 350 g/mol. The normalized spacial score (nSPS) is 20.2. The summed E-state index contributed by atoms with van der Waals surface area (Å²) in [4.78, 5) is 15.8. The predicted octanol–water partition coefficient (Wildman–Crippen LogP) is 3.27. The molecule has 2 N–H and O–H groups in total. The fourth-order valence-corrected chi connectivity index (χ4v) is 3.26. The van der Waals surface area contributed by atoms with E-state index in [0.29, 0.717) is 25.4 Å². The molecule has 0 bridgehead atoms. The monoisotopic (exact) mass is 350 g/mol. The van der Waals surface area contributed by atoms with Crippen molar-refractivity contribution in [1.82, 2.24) is 10.3 Å². The Balaban J connectivity index is 1.41. The Bertz CT molecular complexity index is 875. The lowest BCUT2D eigenvalue weighted by molar-refractivity contribution is -0.0736. The maximum atomic E-state index is 12.7. The summed E-state index contributed by atoms with van der Waals surface area (Å²) in [5, 5.41) is 4.21. The predicted molar refractivity (Wildman–Crippen MR) is 100 cm³/mol. The molecule has 2 atom stereocenters. The molecule has 0 saturated carbocycles. The summed E-state index contributed by atoms with van der Waals surface area (Å²) >= 11 is 0. The third kappa shape index (κ3) is 3.79. The molecule has 5 nitrogen and oxygen atoms in total. The van der Waals surface area contributed by atoms with Gasteiger partial charge in [-0.05, 0) is 35.6 Å². The zero-order chi connectivity index (χ0) is 17.8. The number of aromatic nitrogens is 1. The summed E-state index contributed by atoms with van der Waals surface area (Å²) in [5.74, 6) is -0.0817. The zero-order valence-corrected chi connectivity index (χ0v) is 14.5. The van der Waals surface area contributed by atoms with Gasteiger partial charge in [0.05, 0.1) is 19.3 Å². The van der Waals surface area contributed by atoms with Crippen LogP contribution in [0.1, 0.15) is 22.3 Å². The summed E-state index contributed by atoms with van der Waals surface area (Å²) in [6, 6.07) is 17.6. The van der Waals surface area contributed by atoms with Gasteiger partial charge < -0.3 is 19.8 Å². The largest absolute Gasteiger partial charge is 0.379 e. The number of ether oxygens (including phenoxy) is 2. The van der Waals surface area contributed by atoms with Crippen LogP contribution in [-0.2, 0) is 16.1 Å². The van der Waals surface area contributed by atoms with E-state index < -0.39 is 0 Å². The first-order chi connectivity index (χ1) is 12.8. The van der Waals surface area contributed by atoms with E-state index in [2.05, 4.69) is 10.3 Å². The molecule has 2 aromatic carbocycles. The molecule has 0 radical (unpaired) electrons. The fourth-order valence-electron chi connectivity index (χ4n) is 3.26. The van der Waals surface area contributed by atoms with Crippen LogP contribution in [0.15, 0.2) is 60.8 Å². The van der Waals surface area contributed by atoms with Crippen LogP contribution in [0, 0.1) is 0 Å². The van der Waals surface area contributed by atoms with Gasteiger partial charge in [-0.15, -0.1) is 0 Å². The van der Waals surface area contributed by atoms with Crippen LogP contribution in [0.2, 0.25) is 0 Å². The molecular weight excluding hydrogens is 328 g/mol. The summed E-state index contributed by atoms with van der Waals surface area (Å²) in [5.41, 5.74) is 2.72. The topological polar surface area (TPSA) is 63.4 Å². The number of nitrogens with one attached hydrogen (secondary N) is 2. The van der Waals surface area contributed by atoms with Gasteiger partial charge in [0, 0.05) is 23.9 Å². The lowest BCUT2D eigenvalue weighted by atomic mass is 10.0. The molecule has 1 aromatic heterocycles. The number of hydrogen-bond donors (Lipinski definition) is 2. The van der Waals surface area contributed by atoms with E-state index in [0.717, 1.165) is 22.9 Å². The maximum absolute atomic E-state index is 12.7. The van der Waals surface area contributed by atoms with Crippen molar-refractivity contribution < 1.29 is 14.3 Å². The van der Waals surface area contributed by atoms with E-state index in [9.17, 15) is 4.79 Å². The van der Waals surface area contributed by atoms with Crippen LogP contribution < -0.4 is 5.32 Å². The van der Waals surface area contributed by atoms with Crippen molar-refractivity contribution in [2.24, 2.45) is 0 Å². The van der Waals surface area contributed by atoms with Crippen molar-refractivity contribution in [2.75, 3.05) is 13.2 Å². The highest BCUT2D eigenvalue weighted by molar-refractivity contribution is 5.98. The Morgan fingerprint density at radius 3 is 2.96 bits per heavy atom. The standard InChI is InChI=1S/C21H22N2O3/c24-21(17-7-6-16-8-10-22-19(16)12-17)23-18-9-11-25-14-20(18)26-13-15-4-2-1-3-5-15/h1-8,10,12,18,20,22H,9,11,13-14H2,(H,23,24)/t18-,20-/m1/s1. The van der Waals surface area contributed by atoms with Crippen molar-refractivity contribution in [3.8, 4) is 0 Å². The van der Waals surface area contributed by atoms with Gasteiger partial charge in [0.1, 0.15) is 6.10 Å². The van der Waals surface area contributed by atoms with E-state index in [1.165, 1.54) is 0 Å². The minimum atomic E-state index is -0.151. The Morgan fingerprint density at radius 2 is 2.08 bits per heavy atom. The van der Waals surface area contributed by atoms with E-state index in [-0.39, 0.29) is 18.1 Å². The highest BCUT2D eigenvalue weighted by Crippen LogP contribution is 2.17. The first-order valence-electron chi connectivity index (χ1n) is 8.91. The van der Waals surface area contributed by atoms with Gasteiger partial charge in [0.2, 0.25) is 0 Å². The second-order valence-electron chi connectivity index (χ2n) is 6.56. The molecule has 134 valence electrons. The molecule has 0 aliphatic carbocycles. The summed E-state index contributed by atoms with van der Waals surface area (Å²) in [7, 11) is 0. The number of benzene rings is 2. The lowest BCUT2D eigenvalue weighted by Crippen LogP contribution is -2.49. The summed E-state index contributed by atoms with van der Waals surface area (Å²) < 4.78 is 11.6. The first-order valence-corrected chi connectivity index (χ1v) is 8.91. The number of carbonyl (C=O) groups is 1. The molecule has 1 aliphatic rings. The summed E-state index contributed by atoms with van der Waals surface area (Å²) in [6.45, 7) is 1.63. The Hall–Kier alpha value is -2.63. The van der Waals surface area contributed by atoms with Gasteiger partial charge in [-0.1, -0.05) is 36.4 Å². The molecule has 3 aromatic rings. The lowest BCUT2D eigenvalue weighted by Gasteiger charge is -2.32. The van der Waals surface area contributed by atoms with Gasteiger partial charge in [0.15, 0.2) is 0 Å². The van der Waals surface area contributed by atoms with Crippen LogP contribution in [-0.4, -0.2) is 36.3 Å². The first kappa shape index (κ1) is 16.8. The second kappa shape index (κ2) is 7.72. The molecule has 1 saturated heterocycles. The highest BCUT2D eigenvalue weighted by Gasteiger charge is 2.28. The molecule has 0 spiro atoms. The van der Waals surface area contributed by atoms with Gasteiger partial charge >= 0.3 is 0 Å². The number of carbonyl (C=O) groups excluding carboxylic acids is 1. The number of amides is 1. The van der Waals surface area contributed by atoms with Gasteiger partial charge in [-0.2, -0.15) is 0 Å². The zero-order valence-electron chi connectivity index (χ0n) is 14.5. The molecular formula is C21H22N2O3. The van der Waals surface area contributed by atoms with E-state index in [1.807, 2.05) is 60.8 Å². The molecule has 5 heteroatoms. The average Bonchev–Trinajstić information content (AvgIpc) is 3.16. The van der Waals surface area contributed by atoms with E-state index in [4.69, 9.17) is 9.47 Å². The molecule has 0 unspecified atom stereocenters. The van der Waals surface area contributed by atoms with Crippen molar-refractivity contribution >= 4 is 16.8 Å². The quantitative estimate of drug-likeness (QED) is 0.742. The molecule has 1 fully saturated rings. The van der Waals surface area contributed by atoms with Gasteiger partial charge in [-0.25, -0.2) is 0 Å². The van der Waals surface area contributed by atoms with Crippen molar-refractivity contribution in [3.63, 3.8) is 0 Å². The van der Waals surface area contributed by atoms with Gasteiger partial charge in [-0.3, -0.25) is 4.79 Å². The third-order valence-electron chi connectivity index (χ3n) is 4.74. The van der Waals surface area contributed by atoms with E-state index in [1.54, 1.807) is 0 Å². The Kier molecular flexibility index (Phi) is 5.00. The number of H-pyrrole nitrogens is 1. The van der Waals surface area contributed by atoms with E-state index >= 15 is 0 Å². The Morgan fingerprint density at radius 1 is 1.19 bits per heavy atom. The summed E-state index contributed by atoms with van der Waals surface area (Å²) in [6.07, 6.45) is 2.47. The molecule has 4 rings (SSSR count). The maximum Gasteiger partial charge on any atom is 0.251 e. The van der Waals surface area contributed by atoms with Crippen LogP contribution >= 0.6 is 0 Å². The SMILES string of the molecule is O=C(N[C@@H]1CCOC[C@H]1OCc1ccccc1)c1ccc2cc[nH]c2c1. The smallest absolute Gasteiger partial charge is 0.251 e. The number of rotatable bonds is 5.